The number of hydrogen-bond acceptors (Lipinski definition) is 4. The third-order valence-electron chi connectivity index (χ3n) is 5.08. The molecular formula is C17H14F3N5O2. The van der Waals surface area contributed by atoms with Gasteiger partial charge in [-0.25, -0.2) is 9.97 Å². The molecule has 2 aliphatic heterocycles. The molecule has 2 fully saturated rings. The van der Waals surface area contributed by atoms with E-state index in [1.807, 2.05) is 0 Å². The molecule has 5 rings (SSSR count). The molecule has 7 nitrogen and oxygen atoms in total. The lowest BCUT2D eigenvalue weighted by atomic mass is 10.2. The number of halogens is 3. The molecule has 1 amide bonds. The van der Waals surface area contributed by atoms with Crippen molar-refractivity contribution in [2.45, 2.75) is 24.7 Å². The molecule has 2 bridgehead atoms. The maximum Gasteiger partial charge on any atom is 0.417 e. The maximum atomic E-state index is 13.4. The first-order valence-electron chi connectivity index (χ1n) is 8.41. The van der Waals surface area contributed by atoms with Crippen LogP contribution < -0.4 is 0 Å². The summed E-state index contributed by atoms with van der Waals surface area (Å²) in [5.41, 5.74) is -0.306. The number of carbonyl (C=O) groups excluding carboxylic acids is 1. The minimum atomic E-state index is -4.56. The highest BCUT2D eigenvalue weighted by Crippen LogP contribution is 2.33. The van der Waals surface area contributed by atoms with Crippen LogP contribution in [-0.2, 0) is 10.9 Å². The van der Waals surface area contributed by atoms with Crippen molar-refractivity contribution in [2.75, 3.05) is 13.2 Å². The molecule has 27 heavy (non-hydrogen) atoms. The van der Waals surface area contributed by atoms with Gasteiger partial charge in [0.05, 0.1) is 42.5 Å². The predicted octanol–water partition coefficient (Wildman–Crippen LogP) is 2.15. The van der Waals surface area contributed by atoms with Crippen LogP contribution in [0.3, 0.4) is 0 Å². The molecule has 0 aliphatic carbocycles. The van der Waals surface area contributed by atoms with Crippen LogP contribution in [0.25, 0.3) is 11.3 Å². The average molecular weight is 377 g/mol. The van der Waals surface area contributed by atoms with Gasteiger partial charge in [0.1, 0.15) is 5.69 Å². The Morgan fingerprint density at radius 3 is 2.81 bits per heavy atom. The number of ether oxygens (including phenoxy) is 1. The van der Waals surface area contributed by atoms with E-state index < -0.39 is 11.7 Å². The number of rotatable bonds is 2. The van der Waals surface area contributed by atoms with E-state index in [0.29, 0.717) is 13.2 Å². The van der Waals surface area contributed by atoms with Gasteiger partial charge in [-0.3, -0.25) is 9.20 Å². The number of morpholine rings is 1. The Kier molecular flexibility index (Phi) is 3.36. The second-order valence-electron chi connectivity index (χ2n) is 6.72. The number of pyridine rings is 1. The van der Waals surface area contributed by atoms with Gasteiger partial charge in [0.15, 0.2) is 5.65 Å². The highest BCUT2D eigenvalue weighted by Gasteiger charge is 2.42. The summed E-state index contributed by atoms with van der Waals surface area (Å²) in [4.78, 5) is 22.7. The monoisotopic (exact) mass is 377 g/mol. The molecule has 0 N–H and O–H groups in total. The molecule has 0 spiro atoms. The second kappa shape index (κ2) is 5.56. The van der Waals surface area contributed by atoms with Crippen LogP contribution in [0.5, 0.6) is 0 Å². The van der Waals surface area contributed by atoms with Crippen molar-refractivity contribution >= 4 is 11.6 Å². The number of fused-ring (bicyclic) bond motifs is 3. The Bertz CT molecular complexity index is 1030. The molecule has 2 aliphatic rings. The minimum absolute atomic E-state index is 0.00498. The van der Waals surface area contributed by atoms with E-state index in [1.165, 1.54) is 33.9 Å². The van der Waals surface area contributed by atoms with E-state index in [1.54, 1.807) is 4.90 Å². The van der Waals surface area contributed by atoms with Crippen LogP contribution in [0, 0.1) is 0 Å². The summed E-state index contributed by atoms with van der Waals surface area (Å²) in [6, 6.07) is 0.969. The maximum absolute atomic E-state index is 13.4. The van der Waals surface area contributed by atoms with E-state index in [0.717, 1.165) is 18.7 Å². The largest absolute Gasteiger partial charge is 0.417 e. The van der Waals surface area contributed by atoms with Crippen LogP contribution in [0.2, 0.25) is 0 Å². The fraction of sp³-hybridized carbons (Fsp3) is 0.353. The highest BCUT2D eigenvalue weighted by atomic mass is 19.4. The Balaban J connectivity index is 1.66. The van der Waals surface area contributed by atoms with Crippen molar-refractivity contribution in [3.05, 3.63) is 48.4 Å². The van der Waals surface area contributed by atoms with E-state index in [9.17, 15) is 18.0 Å². The number of amides is 1. The van der Waals surface area contributed by atoms with Gasteiger partial charge in [-0.05, 0) is 12.5 Å². The van der Waals surface area contributed by atoms with Gasteiger partial charge in [-0.1, -0.05) is 0 Å². The molecule has 10 heteroatoms. The van der Waals surface area contributed by atoms with E-state index in [4.69, 9.17) is 4.74 Å². The Labute approximate surface area is 151 Å². The van der Waals surface area contributed by atoms with Crippen LogP contribution in [0.15, 0.2) is 37.2 Å². The molecule has 0 unspecified atom stereocenters. The van der Waals surface area contributed by atoms with E-state index in [2.05, 4.69) is 9.97 Å². The molecule has 2 atom stereocenters. The molecular weight excluding hydrogens is 363 g/mol. The third-order valence-corrected chi connectivity index (χ3v) is 5.08. The number of aromatic nitrogens is 4. The smallest absolute Gasteiger partial charge is 0.374 e. The zero-order chi connectivity index (χ0) is 18.8. The fourth-order valence-corrected chi connectivity index (χ4v) is 3.77. The summed E-state index contributed by atoms with van der Waals surface area (Å²) >= 11 is 0. The van der Waals surface area contributed by atoms with Crippen LogP contribution >= 0.6 is 0 Å². The summed E-state index contributed by atoms with van der Waals surface area (Å²) in [5.74, 6) is -0.339. The average Bonchev–Trinajstić information content (AvgIpc) is 3.43. The van der Waals surface area contributed by atoms with Crippen molar-refractivity contribution in [1.29, 1.82) is 0 Å². The van der Waals surface area contributed by atoms with Crippen LogP contribution in [0.4, 0.5) is 13.2 Å². The Hall–Kier alpha value is -2.88. The van der Waals surface area contributed by atoms with Crippen LogP contribution in [-0.4, -0.2) is 55.0 Å². The molecule has 0 saturated carbocycles. The number of alkyl halides is 3. The Morgan fingerprint density at radius 2 is 2.19 bits per heavy atom. The van der Waals surface area contributed by atoms with Gasteiger partial charge in [0.2, 0.25) is 0 Å². The number of carbonyl (C=O) groups is 1. The molecule has 0 radical (unpaired) electrons. The highest BCUT2D eigenvalue weighted by molar-refractivity contribution is 5.94. The lowest BCUT2D eigenvalue weighted by molar-refractivity contribution is -0.137. The number of imidazole rings is 2. The summed E-state index contributed by atoms with van der Waals surface area (Å²) in [7, 11) is 0. The molecule has 2 saturated heterocycles. The molecule has 3 aromatic rings. The zero-order valence-electron chi connectivity index (χ0n) is 13.9. The van der Waals surface area contributed by atoms with E-state index in [-0.39, 0.29) is 35.1 Å². The first kappa shape index (κ1) is 16.3. The van der Waals surface area contributed by atoms with Crippen molar-refractivity contribution < 1.29 is 22.7 Å². The van der Waals surface area contributed by atoms with Crippen molar-refractivity contribution in [3.8, 4) is 5.69 Å². The van der Waals surface area contributed by atoms with Crippen molar-refractivity contribution in [2.24, 2.45) is 0 Å². The zero-order valence-corrected chi connectivity index (χ0v) is 13.9. The number of hydrogen-bond donors (Lipinski definition) is 0. The van der Waals surface area contributed by atoms with Crippen LogP contribution in [0.1, 0.15) is 22.5 Å². The lowest BCUT2D eigenvalue weighted by Crippen LogP contribution is -2.41. The summed E-state index contributed by atoms with van der Waals surface area (Å²) in [5, 5.41) is 0. The van der Waals surface area contributed by atoms with Gasteiger partial charge < -0.3 is 14.2 Å². The fourth-order valence-electron chi connectivity index (χ4n) is 3.77. The molecule has 0 aromatic carbocycles. The first-order chi connectivity index (χ1) is 12.9. The SMILES string of the molecule is O=C(c1cnc2c(-n3ccnc3)cc(C(F)(F)F)cn12)N1C[C@@H]2C[C@H]1CO2. The first-order valence-corrected chi connectivity index (χ1v) is 8.41. The number of likely N-dealkylation sites (tertiary alicyclic amines) is 1. The normalized spacial score (nSPS) is 22.1. The number of nitrogens with zero attached hydrogens (tertiary/aromatic N) is 5. The summed E-state index contributed by atoms with van der Waals surface area (Å²) < 4.78 is 48.4. The third kappa shape index (κ3) is 2.51. The second-order valence-corrected chi connectivity index (χ2v) is 6.72. The lowest BCUT2D eigenvalue weighted by Gasteiger charge is -2.26. The predicted molar refractivity (Wildman–Crippen MR) is 86.5 cm³/mol. The topological polar surface area (TPSA) is 64.7 Å². The Morgan fingerprint density at radius 1 is 1.33 bits per heavy atom. The molecule has 140 valence electrons. The summed E-state index contributed by atoms with van der Waals surface area (Å²) in [6.07, 6.45) is 2.83. The quantitative estimate of drug-likeness (QED) is 0.687. The van der Waals surface area contributed by atoms with E-state index >= 15 is 0 Å². The standard InChI is InChI=1S/C17H14F3N5O2/c18-17(19,20)10-3-13(23-2-1-21-9-23)15-22-5-14(25(15)6-10)16(26)24-7-12-4-11(24)8-27-12/h1-3,5-6,9,11-12H,4,7-8H2/t11-,12-/m0/s1. The van der Waals surface area contributed by atoms with Gasteiger partial charge >= 0.3 is 6.18 Å². The van der Waals surface area contributed by atoms with Gasteiger partial charge in [-0.15, -0.1) is 0 Å². The van der Waals surface area contributed by atoms with Gasteiger partial charge in [-0.2, -0.15) is 13.2 Å². The van der Waals surface area contributed by atoms with Gasteiger partial charge in [0.25, 0.3) is 5.91 Å². The van der Waals surface area contributed by atoms with Crippen molar-refractivity contribution in [3.63, 3.8) is 0 Å². The van der Waals surface area contributed by atoms with Gasteiger partial charge in [0, 0.05) is 25.1 Å². The minimum Gasteiger partial charge on any atom is -0.374 e. The molecule has 5 heterocycles. The summed E-state index contributed by atoms with van der Waals surface area (Å²) in [6.45, 7) is 0.908. The van der Waals surface area contributed by atoms with Crippen molar-refractivity contribution in [1.82, 2.24) is 23.8 Å². The molecule has 3 aromatic heterocycles.